The van der Waals surface area contributed by atoms with Gasteiger partial charge in [0.05, 0.1) is 0 Å². The summed E-state index contributed by atoms with van der Waals surface area (Å²) in [5, 5.41) is 32.5. The van der Waals surface area contributed by atoms with Crippen LogP contribution in [0.5, 0.6) is 0 Å². The Labute approximate surface area is 338 Å². The molecular weight excluding hydrogens is 693 g/mol. The largest absolute Gasteiger partial charge is 0.481 e. The van der Waals surface area contributed by atoms with Crippen LogP contribution < -0.4 is 0 Å². The van der Waals surface area contributed by atoms with E-state index in [9.17, 15) is 34.5 Å². The van der Waals surface area contributed by atoms with Gasteiger partial charge in [0.15, 0.2) is 5.92 Å². The van der Waals surface area contributed by atoms with Crippen molar-refractivity contribution in [2.75, 3.05) is 6.61 Å². The van der Waals surface area contributed by atoms with E-state index in [0.29, 0.717) is 19.3 Å². The Morgan fingerprint density at radius 1 is 0.418 bits per heavy atom. The lowest BCUT2D eigenvalue weighted by Crippen LogP contribution is -2.67. The Morgan fingerprint density at radius 2 is 0.691 bits per heavy atom. The molecule has 2 atom stereocenters. The third-order valence-electron chi connectivity index (χ3n) is 12.0. The van der Waals surface area contributed by atoms with Crippen molar-refractivity contribution in [3.05, 3.63) is 0 Å². The third kappa shape index (κ3) is 22.5. The highest BCUT2D eigenvalue weighted by Crippen LogP contribution is 2.50. The van der Waals surface area contributed by atoms with Crippen LogP contribution in [0, 0.1) is 11.3 Å². The summed E-state index contributed by atoms with van der Waals surface area (Å²) in [6.07, 6.45) is 35.0. The molecule has 8 heteroatoms. The van der Waals surface area contributed by atoms with Gasteiger partial charge in [0.1, 0.15) is 11.2 Å². The number of carbonyl (C=O) groups excluding carboxylic acids is 1. The fraction of sp³-hybridized carbons (Fsp3) is 0.915. The fourth-order valence-electron chi connectivity index (χ4n) is 8.57. The Balaban J connectivity index is 5.90. The Kier molecular flexibility index (Phi) is 34.0. The molecular formula is C47H88O8. The van der Waals surface area contributed by atoms with Crippen molar-refractivity contribution in [2.24, 2.45) is 11.3 Å². The molecule has 0 aromatic carbocycles. The lowest BCUT2D eigenvalue weighted by molar-refractivity contribution is -0.219. The quantitative estimate of drug-likeness (QED) is 0.0411. The van der Waals surface area contributed by atoms with Gasteiger partial charge in [-0.25, -0.2) is 4.79 Å². The van der Waals surface area contributed by atoms with Crippen molar-refractivity contribution in [3.8, 4) is 0 Å². The average Bonchev–Trinajstić information content (AvgIpc) is 3.14. The van der Waals surface area contributed by atoms with Gasteiger partial charge >= 0.3 is 17.9 Å². The molecule has 0 radical (unpaired) electrons. The molecule has 0 aliphatic carbocycles. The number of Topliss-reactive ketones (excluding diaryl/α,β-unsaturated/α-hetero) is 1. The van der Waals surface area contributed by atoms with Crippen LogP contribution in [0.4, 0.5) is 0 Å². The first-order chi connectivity index (χ1) is 26.6. The van der Waals surface area contributed by atoms with Crippen molar-refractivity contribution < 1.29 is 39.2 Å². The molecule has 3 N–H and O–H groups in total. The first kappa shape index (κ1) is 53.0. The second-order valence-electron chi connectivity index (χ2n) is 16.8. The molecule has 0 rings (SSSR count). The number of carboxylic acid groups (broad SMARTS) is 3. The van der Waals surface area contributed by atoms with Gasteiger partial charge in [0.2, 0.25) is 5.60 Å². The van der Waals surface area contributed by atoms with E-state index in [0.717, 1.165) is 84.0 Å². The molecule has 0 bridgehead atoms. The van der Waals surface area contributed by atoms with E-state index in [2.05, 4.69) is 20.8 Å². The molecule has 0 aliphatic rings. The summed E-state index contributed by atoms with van der Waals surface area (Å²) >= 11 is 0. The molecule has 0 aliphatic heterocycles. The van der Waals surface area contributed by atoms with Gasteiger partial charge in [0.25, 0.3) is 0 Å². The molecule has 0 aromatic heterocycles. The second-order valence-corrected chi connectivity index (χ2v) is 16.8. The molecule has 0 spiro atoms. The smallest absolute Gasteiger partial charge is 0.338 e. The number of carbonyl (C=O) groups is 4. The van der Waals surface area contributed by atoms with Gasteiger partial charge in [-0.1, -0.05) is 226 Å². The van der Waals surface area contributed by atoms with Gasteiger partial charge in [-0.05, 0) is 26.2 Å². The predicted molar refractivity (Wildman–Crippen MR) is 227 cm³/mol. The monoisotopic (exact) mass is 781 g/mol. The summed E-state index contributed by atoms with van der Waals surface area (Å²) in [6, 6.07) is 0. The van der Waals surface area contributed by atoms with Crippen LogP contribution in [0.15, 0.2) is 0 Å². The molecule has 55 heavy (non-hydrogen) atoms. The molecule has 0 aromatic rings. The summed E-state index contributed by atoms with van der Waals surface area (Å²) in [7, 11) is 0. The first-order valence-corrected chi connectivity index (χ1v) is 23.4. The zero-order valence-electron chi connectivity index (χ0n) is 36.4. The molecule has 0 heterocycles. The highest BCUT2D eigenvalue weighted by atomic mass is 16.5. The van der Waals surface area contributed by atoms with Crippen molar-refractivity contribution in [1.29, 1.82) is 0 Å². The highest BCUT2D eigenvalue weighted by Gasteiger charge is 2.69. The zero-order valence-corrected chi connectivity index (χ0v) is 36.4. The fourth-order valence-corrected chi connectivity index (χ4v) is 8.57. The van der Waals surface area contributed by atoms with Crippen molar-refractivity contribution in [3.63, 3.8) is 0 Å². The molecule has 0 saturated heterocycles. The van der Waals surface area contributed by atoms with Crippen LogP contribution in [0.2, 0.25) is 0 Å². The average molecular weight is 781 g/mol. The predicted octanol–water partition coefficient (Wildman–Crippen LogP) is 13.9. The minimum absolute atomic E-state index is 0.0429. The Bertz CT molecular complexity index is 925. The second kappa shape index (κ2) is 35.2. The summed E-state index contributed by atoms with van der Waals surface area (Å²) < 4.78 is 6.20. The van der Waals surface area contributed by atoms with E-state index in [1.807, 2.05) is 0 Å². The van der Waals surface area contributed by atoms with Crippen molar-refractivity contribution >= 4 is 23.7 Å². The standard InChI is InChI=1S/C47H88O8/c1-5-8-11-14-17-20-23-26-29-32-35-38-46(44(51)52,39-36-33-30-27-24-21-18-15-12-9-6-2)47(45(53)54,42(41(4)48)43(49)50)55-40-37-34-31-28-25-22-19-16-13-10-7-3/h42H,5-40H2,1-4H3,(H,49,50)(H,51,52)(H,53,54). The maximum Gasteiger partial charge on any atom is 0.338 e. The minimum atomic E-state index is -2.72. The Morgan fingerprint density at radius 3 is 0.927 bits per heavy atom. The van der Waals surface area contributed by atoms with Crippen LogP contribution in [-0.2, 0) is 23.9 Å². The zero-order chi connectivity index (χ0) is 41.0. The lowest BCUT2D eigenvalue weighted by atomic mass is 9.59. The summed E-state index contributed by atoms with van der Waals surface area (Å²) in [6.45, 7) is 7.59. The topological polar surface area (TPSA) is 138 Å². The van der Waals surface area contributed by atoms with E-state index in [1.165, 1.54) is 116 Å². The molecule has 324 valence electrons. The highest BCUT2D eigenvalue weighted by molar-refractivity contribution is 6.06. The number of aliphatic carboxylic acids is 3. The molecule has 0 saturated carbocycles. The van der Waals surface area contributed by atoms with Crippen LogP contribution in [-0.4, -0.2) is 51.2 Å². The number of carboxylic acids is 3. The lowest BCUT2D eigenvalue weighted by Gasteiger charge is -2.47. The maximum atomic E-state index is 13.6. The van der Waals surface area contributed by atoms with E-state index in [4.69, 9.17) is 4.74 Å². The third-order valence-corrected chi connectivity index (χ3v) is 12.0. The summed E-state index contributed by atoms with van der Waals surface area (Å²) in [5.41, 5.74) is -4.78. The number of hydrogen-bond acceptors (Lipinski definition) is 5. The molecule has 2 unspecified atom stereocenters. The number of rotatable bonds is 43. The van der Waals surface area contributed by atoms with Gasteiger partial charge in [-0.3, -0.25) is 14.4 Å². The van der Waals surface area contributed by atoms with Crippen molar-refractivity contribution in [2.45, 2.75) is 258 Å². The van der Waals surface area contributed by atoms with Crippen LogP contribution >= 0.6 is 0 Å². The van der Waals surface area contributed by atoms with Crippen molar-refractivity contribution in [1.82, 2.24) is 0 Å². The maximum absolute atomic E-state index is 13.6. The SMILES string of the molecule is CCCCCCCCCCCCCOC(C(=O)O)(C(C(C)=O)C(=O)O)C(CCCCCCCCCCCCC)(CCCCCCCCCCCCC)C(=O)O. The molecule has 0 amide bonds. The first-order valence-electron chi connectivity index (χ1n) is 23.4. The van der Waals surface area contributed by atoms with E-state index >= 15 is 0 Å². The molecule has 8 nitrogen and oxygen atoms in total. The van der Waals surface area contributed by atoms with Gasteiger partial charge < -0.3 is 20.1 Å². The minimum Gasteiger partial charge on any atom is -0.481 e. The normalized spacial score (nSPS) is 13.5. The van der Waals surface area contributed by atoms with E-state index in [-0.39, 0.29) is 19.4 Å². The van der Waals surface area contributed by atoms with Crippen LogP contribution in [0.3, 0.4) is 0 Å². The summed E-state index contributed by atoms with van der Waals surface area (Å²) in [4.78, 5) is 53.1. The Hall–Kier alpha value is -1.96. The number of ketones is 1. The van der Waals surface area contributed by atoms with E-state index in [1.54, 1.807) is 0 Å². The number of ether oxygens (including phenoxy) is 1. The molecule has 0 fully saturated rings. The summed E-state index contributed by atoms with van der Waals surface area (Å²) in [5.74, 6) is -7.70. The van der Waals surface area contributed by atoms with Gasteiger partial charge in [0, 0.05) is 6.61 Å². The van der Waals surface area contributed by atoms with Gasteiger partial charge in [-0.2, -0.15) is 0 Å². The van der Waals surface area contributed by atoms with Gasteiger partial charge in [-0.15, -0.1) is 0 Å². The van der Waals surface area contributed by atoms with Crippen LogP contribution in [0.25, 0.3) is 0 Å². The number of unbranched alkanes of at least 4 members (excludes halogenated alkanes) is 30. The van der Waals surface area contributed by atoms with E-state index < -0.39 is 40.6 Å². The number of hydrogen-bond donors (Lipinski definition) is 3. The van der Waals surface area contributed by atoms with Crippen LogP contribution in [0.1, 0.15) is 252 Å².